The van der Waals surface area contributed by atoms with Gasteiger partial charge in [0.05, 0.1) is 10.9 Å². The van der Waals surface area contributed by atoms with E-state index in [-0.39, 0.29) is 13.7 Å². The summed E-state index contributed by atoms with van der Waals surface area (Å²) in [6, 6.07) is 81.4. The van der Waals surface area contributed by atoms with Gasteiger partial charge in [-0.05, 0) is 148 Å². The van der Waals surface area contributed by atoms with Gasteiger partial charge in [0.2, 0.25) is 0 Å². The Bertz CT molecular complexity index is 5760. The third-order valence-corrected chi connectivity index (χ3v) is 28.6. The zero-order chi connectivity index (χ0) is 57.4. The van der Waals surface area contributed by atoms with Crippen molar-refractivity contribution < 1.29 is 8.83 Å². The van der Waals surface area contributed by atoms with Crippen molar-refractivity contribution in [1.29, 1.82) is 0 Å². The van der Waals surface area contributed by atoms with Crippen LogP contribution in [0.4, 0.5) is 34.1 Å². The molecule has 6 aliphatic heterocycles. The zero-order valence-corrected chi connectivity index (χ0v) is 51.0. The molecule has 10 heterocycles. The van der Waals surface area contributed by atoms with Gasteiger partial charge in [-0.3, -0.25) is 0 Å². The Balaban J connectivity index is 0.763. The summed E-state index contributed by atoms with van der Waals surface area (Å²) in [5, 5.41) is 11.8. The fourth-order valence-electron chi connectivity index (χ4n) is 17.7. The third-order valence-electron chi connectivity index (χ3n) is 21.6. The summed E-state index contributed by atoms with van der Waals surface area (Å²) in [6.45, 7) is 14.7. The molecule has 10 heteroatoms. The molecule has 0 atom stereocenters. The smallest absolute Gasteiger partial charge is 0.336 e. The molecule has 6 nitrogen and oxygen atoms in total. The highest BCUT2D eigenvalue weighted by molar-refractivity contribution is 7.05. The summed E-state index contributed by atoms with van der Waals surface area (Å²) in [5.41, 5.74) is 31.8. The normalized spacial score (nSPS) is 15.4. The lowest BCUT2D eigenvalue weighted by atomic mass is 9.45. The van der Waals surface area contributed by atoms with Gasteiger partial charge in [0.25, 0.3) is 0 Å². The van der Waals surface area contributed by atoms with Crippen molar-refractivity contribution in [3.05, 3.63) is 218 Å². The van der Waals surface area contributed by atoms with Crippen molar-refractivity contribution in [3.63, 3.8) is 0 Å². The molecule has 0 N–H and O–H groups in total. The number of hydrogen-bond acceptors (Lipinski definition) is 4. The molecule has 0 saturated carbocycles. The van der Waals surface area contributed by atoms with Gasteiger partial charge in [-0.15, -0.1) is 0 Å². The van der Waals surface area contributed by atoms with Crippen molar-refractivity contribution >= 4 is 173 Å². The number of hydrogen-bond donors (Lipinski definition) is 0. The molecule has 0 spiro atoms. The SMILES string of the molecule is CC(C)c1cc2c3c(c1)N1c4ccccc4[Si](C)(C)c4cccc(c41)B3n1c3c-2cccc3c2oc3cc(-c4cccc(-c5cc6c7c(c5)N5c8ccccc8[Si](C)(C)c8cccc(c85)B7n5c7oc8ccccc8c7c7cccc-6c75)c4)ccc3c21. The number of aromatic nitrogens is 2. The van der Waals surface area contributed by atoms with Gasteiger partial charge >= 0.3 is 13.7 Å². The van der Waals surface area contributed by atoms with Crippen LogP contribution in [0.15, 0.2) is 221 Å². The van der Waals surface area contributed by atoms with Crippen LogP contribution in [-0.4, -0.2) is 38.8 Å². The van der Waals surface area contributed by atoms with E-state index in [2.05, 4.69) is 271 Å². The molecule has 0 radical (unpaired) electrons. The Morgan fingerprint density at radius 2 is 0.931 bits per heavy atom. The molecule has 21 rings (SSSR count). The summed E-state index contributed by atoms with van der Waals surface area (Å²) in [6.07, 6.45) is 0. The van der Waals surface area contributed by atoms with Crippen molar-refractivity contribution in [2.75, 3.05) is 9.80 Å². The van der Waals surface area contributed by atoms with Crippen LogP contribution in [0.1, 0.15) is 25.3 Å². The molecule has 11 aromatic carbocycles. The molecular weight excluding hydrogens is 1090 g/mol. The second kappa shape index (κ2) is 15.8. The number of rotatable bonds is 3. The Kier molecular flexibility index (Phi) is 8.64. The van der Waals surface area contributed by atoms with Crippen molar-refractivity contribution in [1.82, 2.24) is 8.96 Å². The quantitative estimate of drug-likeness (QED) is 0.165. The lowest BCUT2D eigenvalue weighted by Crippen LogP contribution is -2.65. The summed E-state index contributed by atoms with van der Waals surface area (Å²) < 4.78 is 19.6. The Morgan fingerprint density at radius 3 is 1.63 bits per heavy atom. The molecule has 0 saturated heterocycles. The first-order valence-corrected chi connectivity index (χ1v) is 37.0. The molecule has 0 fully saturated rings. The number of fused-ring (bicyclic) bond motifs is 22. The minimum absolute atomic E-state index is 0.0454. The van der Waals surface area contributed by atoms with E-state index in [0.29, 0.717) is 5.92 Å². The first-order valence-electron chi connectivity index (χ1n) is 31.0. The van der Waals surface area contributed by atoms with Gasteiger partial charge in [-0.2, -0.15) is 0 Å². The molecule has 15 aromatic rings. The lowest BCUT2D eigenvalue weighted by molar-refractivity contribution is 0.651. The number of para-hydroxylation sites is 7. The zero-order valence-electron chi connectivity index (χ0n) is 49.0. The molecule has 6 aliphatic rings. The van der Waals surface area contributed by atoms with Crippen LogP contribution in [-0.2, 0) is 0 Å². The Morgan fingerprint density at radius 1 is 0.379 bits per heavy atom. The highest BCUT2D eigenvalue weighted by Gasteiger charge is 2.51. The van der Waals surface area contributed by atoms with Crippen LogP contribution in [0.25, 0.3) is 110 Å². The molecule has 0 unspecified atom stereocenters. The largest absolute Gasteiger partial charge is 0.454 e. The topological polar surface area (TPSA) is 42.6 Å². The van der Waals surface area contributed by atoms with Gasteiger partial charge in [-0.25, -0.2) is 0 Å². The number of anilines is 6. The van der Waals surface area contributed by atoms with Gasteiger partial charge in [-0.1, -0.05) is 192 Å². The fourth-order valence-corrected chi connectivity index (χ4v) is 23.7. The maximum Gasteiger partial charge on any atom is 0.336 e. The molecule has 0 bridgehead atoms. The second-order valence-electron chi connectivity index (χ2n) is 26.9. The Labute approximate surface area is 505 Å². The highest BCUT2D eigenvalue weighted by atomic mass is 28.3. The molecule has 408 valence electrons. The van der Waals surface area contributed by atoms with E-state index < -0.39 is 16.1 Å². The van der Waals surface area contributed by atoms with Crippen LogP contribution in [0.3, 0.4) is 0 Å². The minimum atomic E-state index is -2.15. The number of furan rings is 2. The fraction of sp³-hybridized carbons (Fsp3) is 0.0909. The third kappa shape index (κ3) is 5.59. The standard InChI is InChI=1S/C77H54B2N4O2Si2/c1-42(2)46-37-54-49-22-15-24-53-72(49)82(78-56-25-16-32-66-74(56)80(60(39-46)69(54)78)58-27-8-11-30-64(58)86(66,3)4)73-51-35-34-45(41-63(51)84-76(53)73)43-18-13-19-44(36-43)47-38-55-48-21-14-23-52-68-50-20-7-10-29-62(50)85-77(68)83(71(48)52)79-57-26-17-33-67-75(57)81(61(40-47)70(55)79)59-28-9-12-31-65(59)87(67,5)6/h7-42H,1-6H3. The summed E-state index contributed by atoms with van der Waals surface area (Å²) in [4.78, 5) is 5.29. The van der Waals surface area contributed by atoms with E-state index in [1.54, 1.807) is 0 Å². The van der Waals surface area contributed by atoms with E-state index in [9.17, 15) is 0 Å². The average molecular weight is 1150 g/mol. The predicted molar refractivity (Wildman–Crippen MR) is 372 cm³/mol. The first kappa shape index (κ1) is 47.5. The van der Waals surface area contributed by atoms with Gasteiger partial charge in [0.15, 0.2) is 11.3 Å². The van der Waals surface area contributed by atoms with E-state index in [0.717, 1.165) is 49.7 Å². The summed E-state index contributed by atoms with van der Waals surface area (Å²) in [7, 11) is -4.26. The summed E-state index contributed by atoms with van der Waals surface area (Å²) in [5.74, 6) is 0.359. The number of nitrogens with zero attached hydrogens (tertiary/aromatic N) is 4. The lowest BCUT2D eigenvalue weighted by Gasteiger charge is -2.47. The highest BCUT2D eigenvalue weighted by Crippen LogP contribution is 2.52. The molecule has 87 heavy (non-hydrogen) atoms. The summed E-state index contributed by atoms with van der Waals surface area (Å²) >= 11 is 0. The minimum Gasteiger partial charge on any atom is -0.454 e. The van der Waals surface area contributed by atoms with Crippen LogP contribution < -0.4 is 52.4 Å². The van der Waals surface area contributed by atoms with Crippen LogP contribution >= 0.6 is 0 Å². The van der Waals surface area contributed by atoms with Crippen molar-refractivity contribution in [3.8, 4) is 44.5 Å². The van der Waals surface area contributed by atoms with E-state index in [1.165, 1.54) is 143 Å². The monoisotopic (exact) mass is 1140 g/mol. The van der Waals surface area contributed by atoms with E-state index in [4.69, 9.17) is 8.83 Å². The predicted octanol–water partition coefficient (Wildman–Crippen LogP) is 15.0. The van der Waals surface area contributed by atoms with Crippen LogP contribution in [0.5, 0.6) is 0 Å². The average Bonchev–Trinajstić information content (AvgIpc) is 1.68. The van der Waals surface area contributed by atoms with Gasteiger partial charge < -0.3 is 27.6 Å². The molecule has 0 aliphatic carbocycles. The van der Waals surface area contributed by atoms with Gasteiger partial charge in [0.1, 0.15) is 27.3 Å². The molecular formula is C77H54B2N4O2Si2. The van der Waals surface area contributed by atoms with E-state index >= 15 is 0 Å². The number of benzene rings is 11. The van der Waals surface area contributed by atoms with Crippen LogP contribution in [0.2, 0.25) is 26.2 Å². The van der Waals surface area contributed by atoms with Crippen molar-refractivity contribution in [2.45, 2.75) is 46.0 Å². The maximum atomic E-state index is 7.34. The second-order valence-corrected chi connectivity index (χ2v) is 35.5. The maximum absolute atomic E-state index is 7.34. The Hall–Kier alpha value is -9.74. The first-order chi connectivity index (χ1) is 42.5. The molecule has 0 amide bonds. The van der Waals surface area contributed by atoms with Crippen molar-refractivity contribution in [2.24, 2.45) is 0 Å². The van der Waals surface area contributed by atoms with Crippen LogP contribution in [0, 0.1) is 0 Å². The van der Waals surface area contributed by atoms with E-state index in [1.807, 2.05) is 0 Å². The van der Waals surface area contributed by atoms with Gasteiger partial charge in [0, 0.05) is 77.8 Å². The molecule has 4 aromatic heterocycles.